The van der Waals surface area contributed by atoms with Crippen LogP contribution in [0.15, 0.2) is 24.4 Å². The lowest BCUT2D eigenvalue weighted by molar-refractivity contribution is 0.102. The first-order valence-corrected chi connectivity index (χ1v) is 11.1. The van der Waals surface area contributed by atoms with Crippen LogP contribution in [0, 0.1) is 17.6 Å². The highest BCUT2D eigenvalue weighted by atomic mass is 32.1. The van der Waals surface area contributed by atoms with Crippen LogP contribution >= 0.6 is 11.3 Å². The molecule has 11 heteroatoms. The normalized spacial score (nSPS) is 19.1. The summed E-state index contributed by atoms with van der Waals surface area (Å²) >= 11 is 0.856. The molecule has 5 N–H and O–H groups in total. The van der Waals surface area contributed by atoms with Crippen LogP contribution in [0.1, 0.15) is 30.3 Å². The fraction of sp³-hybridized carbons (Fsp3) is 0.381. The van der Waals surface area contributed by atoms with E-state index >= 15 is 0 Å². The summed E-state index contributed by atoms with van der Waals surface area (Å²) in [5.41, 5.74) is 12.3. The lowest BCUT2D eigenvalue weighted by Gasteiger charge is -2.24. The Morgan fingerprint density at radius 2 is 1.94 bits per heavy atom. The number of nitrogen functional groups attached to an aromatic ring is 1. The van der Waals surface area contributed by atoms with E-state index in [2.05, 4.69) is 27.2 Å². The fourth-order valence-corrected chi connectivity index (χ4v) is 4.74. The number of rotatable bonds is 4. The highest BCUT2D eigenvalue weighted by Crippen LogP contribution is 2.34. The molecule has 0 bridgehead atoms. The van der Waals surface area contributed by atoms with Gasteiger partial charge in [-0.15, -0.1) is 0 Å². The first-order valence-electron chi connectivity index (χ1n) is 10.3. The largest absolute Gasteiger partial charge is 0.389 e. The minimum atomic E-state index is -0.770. The molecule has 1 aliphatic heterocycles. The maximum Gasteiger partial charge on any atom is 0.277 e. The van der Waals surface area contributed by atoms with Gasteiger partial charge in [-0.3, -0.25) is 9.48 Å². The number of aryl methyl sites for hydroxylation is 1. The van der Waals surface area contributed by atoms with Gasteiger partial charge in [0.05, 0.1) is 11.8 Å². The maximum absolute atomic E-state index is 14.1. The van der Waals surface area contributed by atoms with Crippen molar-refractivity contribution < 1.29 is 13.6 Å². The number of anilines is 3. The quantitative estimate of drug-likeness (QED) is 0.550. The van der Waals surface area contributed by atoms with Gasteiger partial charge < -0.3 is 21.7 Å². The molecule has 0 saturated carbocycles. The van der Waals surface area contributed by atoms with Gasteiger partial charge in [-0.1, -0.05) is 24.3 Å². The van der Waals surface area contributed by atoms with Gasteiger partial charge in [-0.25, -0.2) is 13.8 Å². The van der Waals surface area contributed by atoms with E-state index in [0.717, 1.165) is 55.2 Å². The Bertz CT molecular complexity index is 1110. The number of benzene rings is 1. The van der Waals surface area contributed by atoms with E-state index < -0.39 is 17.5 Å². The number of amides is 1. The van der Waals surface area contributed by atoms with E-state index in [1.807, 2.05) is 0 Å². The molecule has 0 radical (unpaired) electrons. The Labute approximate surface area is 188 Å². The monoisotopic (exact) mass is 461 g/mol. The van der Waals surface area contributed by atoms with Crippen molar-refractivity contribution in [3.8, 4) is 10.6 Å². The standard InChI is InChI=1S/C21H25F2N7OS/c1-11-6-8-30(9-7-14(11)24)21-15(10-26-29(21)2)27-19(31)17-18(25)32-20(28-17)16-12(22)4-3-5-13(16)23/h3-5,10-11,14H,6-9,24-25H2,1-2H3,(H,27,31)/t11-,14-/m1/s1. The highest BCUT2D eigenvalue weighted by Gasteiger charge is 2.26. The number of nitrogens with zero attached hydrogens (tertiary/aromatic N) is 4. The van der Waals surface area contributed by atoms with E-state index in [0.29, 0.717) is 11.6 Å². The van der Waals surface area contributed by atoms with Crippen molar-refractivity contribution in [3.05, 3.63) is 41.7 Å². The number of nitrogens with one attached hydrogen (secondary N) is 1. The van der Waals surface area contributed by atoms with Gasteiger partial charge in [0.2, 0.25) is 0 Å². The minimum Gasteiger partial charge on any atom is -0.389 e. The van der Waals surface area contributed by atoms with E-state index in [9.17, 15) is 13.6 Å². The number of thiazole rings is 1. The molecule has 1 aliphatic rings. The van der Waals surface area contributed by atoms with Gasteiger partial charge in [-0.2, -0.15) is 5.10 Å². The van der Waals surface area contributed by atoms with Gasteiger partial charge in [-0.05, 0) is 30.9 Å². The fourth-order valence-electron chi connectivity index (χ4n) is 3.87. The van der Waals surface area contributed by atoms with Crippen LogP contribution in [0.2, 0.25) is 0 Å². The molecule has 8 nitrogen and oxygen atoms in total. The van der Waals surface area contributed by atoms with Crippen molar-refractivity contribution in [1.29, 1.82) is 0 Å². The van der Waals surface area contributed by atoms with Crippen LogP contribution < -0.4 is 21.7 Å². The Balaban J connectivity index is 1.59. The van der Waals surface area contributed by atoms with Crippen LogP contribution in [-0.2, 0) is 7.05 Å². The Hall–Kier alpha value is -3.05. The van der Waals surface area contributed by atoms with Crippen molar-refractivity contribution in [1.82, 2.24) is 14.8 Å². The predicted molar refractivity (Wildman–Crippen MR) is 122 cm³/mol. The highest BCUT2D eigenvalue weighted by molar-refractivity contribution is 7.19. The number of hydrogen-bond donors (Lipinski definition) is 3. The molecule has 2 atom stereocenters. The van der Waals surface area contributed by atoms with Gasteiger partial charge in [0.15, 0.2) is 11.5 Å². The van der Waals surface area contributed by atoms with E-state index in [1.165, 1.54) is 6.07 Å². The second-order valence-electron chi connectivity index (χ2n) is 7.99. The molecule has 3 aromatic rings. The molecule has 0 spiro atoms. The molecule has 0 unspecified atom stereocenters. The molecule has 0 aliphatic carbocycles. The number of nitrogens with two attached hydrogens (primary N) is 2. The zero-order chi connectivity index (χ0) is 23.0. The van der Waals surface area contributed by atoms with Gasteiger partial charge >= 0.3 is 0 Å². The first kappa shape index (κ1) is 22.2. The number of aromatic nitrogens is 3. The maximum atomic E-state index is 14.1. The molecule has 1 fully saturated rings. The zero-order valence-electron chi connectivity index (χ0n) is 17.8. The predicted octanol–water partition coefficient (Wildman–Crippen LogP) is 3.22. The zero-order valence-corrected chi connectivity index (χ0v) is 18.6. The summed E-state index contributed by atoms with van der Waals surface area (Å²) in [4.78, 5) is 19.2. The number of carbonyl (C=O) groups excluding carboxylic acids is 1. The van der Waals surface area contributed by atoms with E-state index in [1.54, 1.807) is 17.9 Å². The molecular formula is C21H25F2N7OS. The Morgan fingerprint density at radius 1 is 1.25 bits per heavy atom. The first-order chi connectivity index (χ1) is 15.3. The summed E-state index contributed by atoms with van der Waals surface area (Å²) in [6.45, 7) is 3.66. The molecule has 1 aromatic carbocycles. The lowest BCUT2D eigenvalue weighted by Crippen LogP contribution is -2.30. The molecule has 170 valence electrons. The SMILES string of the molecule is C[C@@H]1CCN(c2c(NC(=O)c3nc(-c4c(F)cccc4F)sc3N)cnn2C)CC[C@H]1N. The number of halogens is 2. The van der Waals surface area contributed by atoms with Gasteiger partial charge in [0.1, 0.15) is 27.3 Å². The topological polar surface area (TPSA) is 115 Å². The van der Waals surface area contributed by atoms with Crippen molar-refractivity contribution in [2.24, 2.45) is 18.7 Å². The third-order valence-electron chi connectivity index (χ3n) is 5.82. The molecule has 2 aromatic heterocycles. The van der Waals surface area contributed by atoms with Crippen molar-refractivity contribution in [2.45, 2.75) is 25.8 Å². The number of hydrogen-bond acceptors (Lipinski definition) is 7. The smallest absolute Gasteiger partial charge is 0.277 e. The van der Waals surface area contributed by atoms with Crippen molar-refractivity contribution >= 4 is 33.8 Å². The third kappa shape index (κ3) is 4.17. The van der Waals surface area contributed by atoms with E-state index in [-0.39, 0.29) is 27.3 Å². The number of carbonyl (C=O) groups is 1. The van der Waals surface area contributed by atoms with Crippen LogP contribution in [0.25, 0.3) is 10.6 Å². The average molecular weight is 462 g/mol. The molecule has 32 heavy (non-hydrogen) atoms. The van der Waals surface area contributed by atoms with Gasteiger partial charge in [0.25, 0.3) is 5.91 Å². The summed E-state index contributed by atoms with van der Waals surface area (Å²) in [5, 5.41) is 7.16. The van der Waals surface area contributed by atoms with Crippen molar-refractivity contribution in [3.63, 3.8) is 0 Å². The minimum absolute atomic E-state index is 0.00477. The summed E-state index contributed by atoms with van der Waals surface area (Å²) in [6, 6.07) is 3.65. The van der Waals surface area contributed by atoms with Gasteiger partial charge in [0, 0.05) is 26.2 Å². The Morgan fingerprint density at radius 3 is 2.66 bits per heavy atom. The molecule has 1 saturated heterocycles. The summed E-state index contributed by atoms with van der Waals surface area (Å²) in [7, 11) is 1.80. The van der Waals surface area contributed by atoms with Crippen LogP contribution in [0.4, 0.5) is 25.3 Å². The molecule has 4 rings (SSSR count). The van der Waals surface area contributed by atoms with Crippen LogP contribution in [0.5, 0.6) is 0 Å². The van der Waals surface area contributed by atoms with Crippen LogP contribution in [-0.4, -0.2) is 39.8 Å². The average Bonchev–Trinajstić information content (AvgIpc) is 3.25. The second kappa shape index (κ2) is 8.83. The summed E-state index contributed by atoms with van der Waals surface area (Å²) in [5.74, 6) is -0.953. The molecule has 3 heterocycles. The molecule has 1 amide bonds. The van der Waals surface area contributed by atoms with E-state index in [4.69, 9.17) is 11.5 Å². The van der Waals surface area contributed by atoms with Crippen LogP contribution in [0.3, 0.4) is 0 Å². The Kier molecular flexibility index (Phi) is 6.11. The lowest BCUT2D eigenvalue weighted by atomic mass is 9.98. The van der Waals surface area contributed by atoms with Crippen molar-refractivity contribution in [2.75, 3.05) is 29.0 Å². The summed E-state index contributed by atoms with van der Waals surface area (Å²) in [6.07, 6.45) is 3.31. The summed E-state index contributed by atoms with van der Waals surface area (Å²) < 4.78 is 30.0. The third-order valence-corrected chi connectivity index (χ3v) is 6.72. The second-order valence-corrected chi connectivity index (χ2v) is 9.02. The molecular weight excluding hydrogens is 436 g/mol.